The first-order valence-electron chi connectivity index (χ1n) is 4.59. The first-order chi connectivity index (χ1) is 6.65. The van der Waals surface area contributed by atoms with Crippen LogP contribution >= 0.6 is 11.6 Å². The molecule has 1 N–H and O–H groups in total. The molecule has 1 unspecified atom stereocenters. The molecule has 14 heavy (non-hydrogen) atoms. The van der Waals surface area contributed by atoms with Gasteiger partial charge in [-0.3, -0.25) is 4.79 Å². The molecule has 2 nitrogen and oxygen atoms in total. The first-order valence-corrected chi connectivity index (χ1v) is 4.97. The van der Waals surface area contributed by atoms with E-state index >= 15 is 0 Å². The summed E-state index contributed by atoms with van der Waals surface area (Å²) in [6.45, 7) is 1.78. The molecule has 0 radical (unpaired) electrons. The molecule has 0 fully saturated rings. The second-order valence-electron chi connectivity index (χ2n) is 3.13. The summed E-state index contributed by atoms with van der Waals surface area (Å²) >= 11 is 5.87. The van der Waals surface area contributed by atoms with Gasteiger partial charge in [-0.1, -0.05) is 36.7 Å². The third-order valence-corrected chi connectivity index (χ3v) is 2.42. The van der Waals surface area contributed by atoms with Crippen molar-refractivity contribution in [2.75, 3.05) is 0 Å². The maximum Gasteiger partial charge on any atom is 0.135 e. The van der Waals surface area contributed by atoms with Crippen molar-refractivity contribution >= 4 is 17.4 Å². The molecule has 0 saturated carbocycles. The number of ketones is 1. The van der Waals surface area contributed by atoms with E-state index in [0.29, 0.717) is 17.0 Å². The maximum atomic E-state index is 11.1. The van der Waals surface area contributed by atoms with Crippen molar-refractivity contribution in [2.24, 2.45) is 0 Å². The Balaban J connectivity index is 2.74. The molecule has 0 bridgehead atoms. The zero-order valence-electron chi connectivity index (χ0n) is 8.03. The zero-order chi connectivity index (χ0) is 10.6. The van der Waals surface area contributed by atoms with E-state index in [4.69, 9.17) is 11.6 Å². The number of hydrogen-bond donors (Lipinski definition) is 1. The van der Waals surface area contributed by atoms with Crippen LogP contribution < -0.4 is 0 Å². The van der Waals surface area contributed by atoms with Gasteiger partial charge in [-0.05, 0) is 11.6 Å². The summed E-state index contributed by atoms with van der Waals surface area (Å²) in [5.74, 6) is 0.0393. The molecule has 0 aromatic heterocycles. The predicted octanol–water partition coefficient (Wildman–Crippen LogP) is 2.74. The lowest BCUT2D eigenvalue weighted by molar-refractivity contribution is -0.120. The van der Waals surface area contributed by atoms with E-state index in [1.807, 2.05) is 0 Å². The normalized spacial score (nSPS) is 12.5. The van der Waals surface area contributed by atoms with E-state index < -0.39 is 6.10 Å². The van der Waals surface area contributed by atoms with E-state index in [1.165, 1.54) is 0 Å². The number of aliphatic hydroxyl groups excluding tert-OH is 1. The fraction of sp³-hybridized carbons (Fsp3) is 0.364. The molecule has 76 valence electrons. The molecule has 1 atom stereocenters. The van der Waals surface area contributed by atoms with Crippen molar-refractivity contribution in [2.45, 2.75) is 25.9 Å². The summed E-state index contributed by atoms with van der Waals surface area (Å²) in [5, 5.41) is 10.2. The Morgan fingerprint density at radius 1 is 1.50 bits per heavy atom. The van der Waals surface area contributed by atoms with Gasteiger partial charge < -0.3 is 5.11 Å². The molecule has 0 aliphatic carbocycles. The summed E-state index contributed by atoms with van der Waals surface area (Å²) in [4.78, 5) is 11.1. The van der Waals surface area contributed by atoms with Crippen molar-refractivity contribution in [1.82, 2.24) is 0 Å². The number of benzene rings is 1. The van der Waals surface area contributed by atoms with Crippen LogP contribution in [0.15, 0.2) is 24.3 Å². The second-order valence-corrected chi connectivity index (χ2v) is 3.54. The molecule has 0 aliphatic rings. The lowest BCUT2D eigenvalue weighted by atomic mass is 10.0. The van der Waals surface area contributed by atoms with Crippen LogP contribution in [-0.4, -0.2) is 10.9 Å². The number of carbonyl (C=O) groups excluding carboxylic acids is 1. The second kappa shape index (κ2) is 5.13. The van der Waals surface area contributed by atoms with Crippen LogP contribution in [0.1, 0.15) is 31.4 Å². The fourth-order valence-electron chi connectivity index (χ4n) is 1.22. The Hall–Kier alpha value is -0.860. The minimum absolute atomic E-state index is 0.0393. The van der Waals surface area contributed by atoms with E-state index in [2.05, 4.69) is 0 Å². The standard InChI is InChI=1S/C11H13ClO2/c1-2-8(13)7-11(14)9-5-3-4-6-10(9)12/h3-6,11,14H,2,7H2,1H3. The summed E-state index contributed by atoms with van der Waals surface area (Å²) in [6, 6.07) is 7.02. The van der Waals surface area contributed by atoms with Gasteiger partial charge in [0.05, 0.1) is 6.10 Å². The van der Waals surface area contributed by atoms with Gasteiger partial charge in [0.2, 0.25) is 0 Å². The highest BCUT2D eigenvalue weighted by Crippen LogP contribution is 2.25. The van der Waals surface area contributed by atoms with Crippen molar-refractivity contribution < 1.29 is 9.90 Å². The molecule has 1 rings (SSSR count). The molecule has 0 saturated heterocycles. The van der Waals surface area contributed by atoms with Crippen LogP contribution in [0.25, 0.3) is 0 Å². The Labute approximate surface area is 88.5 Å². The third kappa shape index (κ3) is 2.82. The molecule has 0 amide bonds. The molecule has 1 aromatic carbocycles. The average molecular weight is 213 g/mol. The van der Waals surface area contributed by atoms with Crippen molar-refractivity contribution in [3.05, 3.63) is 34.9 Å². The Bertz CT molecular complexity index is 323. The molecule has 1 aromatic rings. The smallest absolute Gasteiger partial charge is 0.135 e. The van der Waals surface area contributed by atoms with Crippen molar-refractivity contribution in [3.8, 4) is 0 Å². The van der Waals surface area contributed by atoms with E-state index in [1.54, 1.807) is 31.2 Å². The molecular weight excluding hydrogens is 200 g/mol. The molecular formula is C11H13ClO2. The molecule has 0 spiro atoms. The van der Waals surface area contributed by atoms with Crippen LogP contribution in [0, 0.1) is 0 Å². The van der Waals surface area contributed by atoms with Crippen LogP contribution in [0.3, 0.4) is 0 Å². The number of aliphatic hydroxyl groups is 1. The van der Waals surface area contributed by atoms with Gasteiger partial charge >= 0.3 is 0 Å². The van der Waals surface area contributed by atoms with Crippen LogP contribution in [0.2, 0.25) is 5.02 Å². The molecule has 3 heteroatoms. The lowest BCUT2D eigenvalue weighted by Gasteiger charge is -2.10. The molecule has 0 heterocycles. The summed E-state index contributed by atoms with van der Waals surface area (Å²) < 4.78 is 0. The van der Waals surface area contributed by atoms with Gasteiger partial charge in [0.25, 0.3) is 0 Å². The summed E-state index contributed by atoms with van der Waals surface area (Å²) in [5.41, 5.74) is 0.621. The maximum absolute atomic E-state index is 11.1. The Morgan fingerprint density at radius 2 is 2.14 bits per heavy atom. The third-order valence-electron chi connectivity index (χ3n) is 2.08. The van der Waals surface area contributed by atoms with Gasteiger partial charge in [-0.15, -0.1) is 0 Å². The van der Waals surface area contributed by atoms with Gasteiger partial charge in [-0.2, -0.15) is 0 Å². The minimum atomic E-state index is -0.781. The number of Topliss-reactive ketones (excluding diaryl/α,β-unsaturated/α-hetero) is 1. The van der Waals surface area contributed by atoms with E-state index in [0.717, 1.165) is 0 Å². The van der Waals surface area contributed by atoms with Crippen LogP contribution in [0.4, 0.5) is 0 Å². The summed E-state index contributed by atoms with van der Waals surface area (Å²) in [7, 11) is 0. The van der Waals surface area contributed by atoms with E-state index in [-0.39, 0.29) is 12.2 Å². The minimum Gasteiger partial charge on any atom is -0.388 e. The number of hydrogen-bond acceptors (Lipinski definition) is 2. The highest BCUT2D eigenvalue weighted by atomic mass is 35.5. The Kier molecular flexibility index (Phi) is 4.11. The van der Waals surface area contributed by atoms with E-state index in [9.17, 15) is 9.90 Å². The topological polar surface area (TPSA) is 37.3 Å². The van der Waals surface area contributed by atoms with Crippen molar-refractivity contribution in [3.63, 3.8) is 0 Å². The van der Waals surface area contributed by atoms with Crippen molar-refractivity contribution in [1.29, 1.82) is 0 Å². The molecule has 0 aliphatic heterocycles. The quantitative estimate of drug-likeness (QED) is 0.834. The van der Waals surface area contributed by atoms with Gasteiger partial charge in [0, 0.05) is 17.9 Å². The largest absolute Gasteiger partial charge is 0.388 e. The Morgan fingerprint density at radius 3 is 2.71 bits per heavy atom. The SMILES string of the molecule is CCC(=O)CC(O)c1ccccc1Cl. The number of rotatable bonds is 4. The highest BCUT2D eigenvalue weighted by molar-refractivity contribution is 6.31. The fourth-order valence-corrected chi connectivity index (χ4v) is 1.48. The van der Waals surface area contributed by atoms with Crippen LogP contribution in [-0.2, 0) is 4.79 Å². The van der Waals surface area contributed by atoms with Gasteiger partial charge in [0.1, 0.15) is 5.78 Å². The predicted molar refractivity (Wildman–Crippen MR) is 56.3 cm³/mol. The van der Waals surface area contributed by atoms with Gasteiger partial charge in [0.15, 0.2) is 0 Å². The zero-order valence-corrected chi connectivity index (χ0v) is 8.79. The monoisotopic (exact) mass is 212 g/mol. The van der Waals surface area contributed by atoms with Crippen LogP contribution in [0.5, 0.6) is 0 Å². The lowest BCUT2D eigenvalue weighted by Crippen LogP contribution is -2.05. The average Bonchev–Trinajstić information content (AvgIpc) is 2.18. The number of halogens is 1. The highest BCUT2D eigenvalue weighted by Gasteiger charge is 2.13. The van der Waals surface area contributed by atoms with Gasteiger partial charge in [-0.25, -0.2) is 0 Å². The summed E-state index contributed by atoms with van der Waals surface area (Å²) in [6.07, 6.45) is -0.196. The first kappa shape index (κ1) is 11.2. The number of carbonyl (C=O) groups is 1.